The van der Waals surface area contributed by atoms with Crippen LogP contribution < -0.4 is 15.4 Å². The predicted molar refractivity (Wildman–Crippen MR) is 118 cm³/mol. The molecule has 0 saturated carbocycles. The lowest BCUT2D eigenvalue weighted by Crippen LogP contribution is -2.39. The van der Waals surface area contributed by atoms with Gasteiger partial charge >= 0.3 is 0 Å². The molecule has 3 aromatic rings. The zero-order chi connectivity index (χ0) is 20.5. The minimum Gasteiger partial charge on any atom is -0.508 e. The maximum Gasteiger partial charge on any atom is 0.191 e. The molecular formula is C24H27N3O2. The SMILES string of the molecule is CN=C(NCc1cc(OC)ccc1O)NCC(c1ccccc1)c1ccccc1. The highest BCUT2D eigenvalue weighted by molar-refractivity contribution is 5.79. The standard InChI is InChI=1S/C24H27N3O2/c1-25-24(26-16-20-15-21(29-2)13-14-23(20)28)27-17-22(18-9-5-3-6-10-18)19-11-7-4-8-12-19/h3-15,22,28H,16-17H2,1-2H3,(H2,25,26,27). The molecule has 3 rings (SSSR count). The van der Waals surface area contributed by atoms with E-state index in [-0.39, 0.29) is 11.7 Å². The van der Waals surface area contributed by atoms with Gasteiger partial charge in [-0.05, 0) is 29.3 Å². The number of benzene rings is 3. The number of nitrogens with one attached hydrogen (secondary N) is 2. The second-order valence-corrected chi connectivity index (χ2v) is 6.68. The number of rotatable bonds is 7. The van der Waals surface area contributed by atoms with Gasteiger partial charge in [-0.3, -0.25) is 4.99 Å². The number of ether oxygens (including phenoxy) is 1. The summed E-state index contributed by atoms with van der Waals surface area (Å²) in [5, 5.41) is 16.7. The third-order valence-electron chi connectivity index (χ3n) is 4.83. The molecule has 0 fully saturated rings. The van der Waals surface area contributed by atoms with E-state index in [1.54, 1.807) is 26.3 Å². The number of hydrogen-bond acceptors (Lipinski definition) is 3. The molecule has 0 bridgehead atoms. The van der Waals surface area contributed by atoms with Crippen molar-refractivity contribution in [3.05, 3.63) is 95.6 Å². The van der Waals surface area contributed by atoms with E-state index < -0.39 is 0 Å². The molecule has 0 amide bonds. The maximum atomic E-state index is 10.1. The van der Waals surface area contributed by atoms with Crippen LogP contribution in [0.5, 0.6) is 11.5 Å². The van der Waals surface area contributed by atoms with Gasteiger partial charge in [0.05, 0.1) is 7.11 Å². The molecule has 0 aliphatic rings. The van der Waals surface area contributed by atoms with Gasteiger partial charge in [0.1, 0.15) is 11.5 Å². The lowest BCUT2D eigenvalue weighted by Gasteiger charge is -2.21. The third-order valence-corrected chi connectivity index (χ3v) is 4.83. The Labute approximate surface area is 172 Å². The van der Waals surface area contributed by atoms with Crippen molar-refractivity contribution in [2.75, 3.05) is 20.7 Å². The Balaban J connectivity index is 1.68. The highest BCUT2D eigenvalue weighted by Crippen LogP contribution is 2.24. The lowest BCUT2D eigenvalue weighted by atomic mass is 9.91. The van der Waals surface area contributed by atoms with E-state index in [0.717, 1.165) is 5.56 Å². The molecule has 0 spiro atoms. The average molecular weight is 389 g/mol. The van der Waals surface area contributed by atoms with Gasteiger partial charge in [0.2, 0.25) is 0 Å². The molecule has 0 aliphatic heterocycles. The van der Waals surface area contributed by atoms with Crippen molar-refractivity contribution in [2.45, 2.75) is 12.5 Å². The molecule has 0 saturated heterocycles. The summed E-state index contributed by atoms with van der Waals surface area (Å²) in [6.45, 7) is 1.13. The van der Waals surface area contributed by atoms with Gasteiger partial charge in [0, 0.05) is 31.6 Å². The van der Waals surface area contributed by atoms with Gasteiger partial charge in [0.25, 0.3) is 0 Å². The molecule has 3 aromatic carbocycles. The van der Waals surface area contributed by atoms with E-state index in [4.69, 9.17) is 4.74 Å². The van der Waals surface area contributed by atoms with Crippen LogP contribution in [0.3, 0.4) is 0 Å². The Bertz CT molecular complexity index is 888. The van der Waals surface area contributed by atoms with Gasteiger partial charge in [0.15, 0.2) is 5.96 Å². The van der Waals surface area contributed by atoms with Gasteiger partial charge in [-0.2, -0.15) is 0 Å². The van der Waals surface area contributed by atoms with Crippen LogP contribution in [0.2, 0.25) is 0 Å². The Hall–Kier alpha value is -3.47. The molecule has 3 N–H and O–H groups in total. The Morgan fingerprint density at radius 3 is 2.10 bits per heavy atom. The number of guanidine groups is 1. The molecule has 0 aliphatic carbocycles. The smallest absolute Gasteiger partial charge is 0.191 e. The van der Waals surface area contributed by atoms with Crippen LogP contribution in [-0.2, 0) is 6.54 Å². The summed E-state index contributed by atoms with van der Waals surface area (Å²) in [6.07, 6.45) is 0. The topological polar surface area (TPSA) is 65.9 Å². The molecule has 0 atom stereocenters. The minimum absolute atomic E-state index is 0.196. The van der Waals surface area contributed by atoms with E-state index in [1.165, 1.54) is 11.1 Å². The minimum atomic E-state index is 0.196. The summed E-state index contributed by atoms with van der Waals surface area (Å²) >= 11 is 0. The average Bonchev–Trinajstić information content (AvgIpc) is 2.78. The predicted octanol–water partition coefficient (Wildman–Crippen LogP) is 3.90. The number of hydrogen-bond donors (Lipinski definition) is 3. The highest BCUT2D eigenvalue weighted by atomic mass is 16.5. The van der Waals surface area contributed by atoms with Crippen LogP contribution in [0.4, 0.5) is 0 Å². The first-order valence-electron chi connectivity index (χ1n) is 9.61. The van der Waals surface area contributed by atoms with E-state index in [2.05, 4.69) is 64.2 Å². The lowest BCUT2D eigenvalue weighted by molar-refractivity contribution is 0.410. The number of methoxy groups -OCH3 is 1. The maximum absolute atomic E-state index is 10.1. The number of phenols is 1. The monoisotopic (exact) mass is 389 g/mol. The van der Waals surface area contributed by atoms with Gasteiger partial charge in [-0.1, -0.05) is 60.7 Å². The van der Waals surface area contributed by atoms with Crippen LogP contribution in [-0.4, -0.2) is 31.8 Å². The molecule has 5 nitrogen and oxygen atoms in total. The molecule has 5 heteroatoms. The first-order chi connectivity index (χ1) is 14.2. The summed E-state index contributed by atoms with van der Waals surface area (Å²) in [7, 11) is 3.35. The molecule has 29 heavy (non-hydrogen) atoms. The summed E-state index contributed by atoms with van der Waals surface area (Å²) in [5.41, 5.74) is 3.23. The normalized spacial score (nSPS) is 11.3. The molecule has 0 heterocycles. The van der Waals surface area contributed by atoms with Crippen LogP contribution in [0, 0.1) is 0 Å². The number of nitrogens with zero attached hydrogens (tertiary/aromatic N) is 1. The Morgan fingerprint density at radius 2 is 1.55 bits per heavy atom. The molecular weight excluding hydrogens is 362 g/mol. The van der Waals surface area contributed by atoms with Gasteiger partial charge in [-0.15, -0.1) is 0 Å². The molecule has 150 valence electrons. The van der Waals surface area contributed by atoms with E-state index in [0.29, 0.717) is 24.8 Å². The largest absolute Gasteiger partial charge is 0.508 e. The Kier molecular flexibility index (Phi) is 7.11. The van der Waals surface area contributed by atoms with Gasteiger partial charge in [-0.25, -0.2) is 0 Å². The molecule has 0 unspecified atom stereocenters. The van der Waals surface area contributed by atoms with E-state index >= 15 is 0 Å². The van der Waals surface area contributed by atoms with Crippen LogP contribution in [0.25, 0.3) is 0 Å². The van der Waals surface area contributed by atoms with Crippen molar-refractivity contribution >= 4 is 5.96 Å². The second-order valence-electron chi connectivity index (χ2n) is 6.68. The van der Waals surface area contributed by atoms with Crippen molar-refractivity contribution in [2.24, 2.45) is 4.99 Å². The fourth-order valence-electron chi connectivity index (χ4n) is 3.23. The van der Waals surface area contributed by atoms with E-state index in [1.807, 2.05) is 18.2 Å². The van der Waals surface area contributed by atoms with Crippen LogP contribution in [0.15, 0.2) is 83.9 Å². The quantitative estimate of drug-likeness (QED) is 0.424. The molecule has 0 radical (unpaired) electrons. The first kappa shape index (κ1) is 20.3. The van der Waals surface area contributed by atoms with Crippen molar-refractivity contribution in [1.82, 2.24) is 10.6 Å². The first-order valence-corrected chi connectivity index (χ1v) is 9.61. The zero-order valence-electron chi connectivity index (χ0n) is 16.8. The van der Waals surface area contributed by atoms with Crippen molar-refractivity contribution in [3.63, 3.8) is 0 Å². The molecule has 0 aromatic heterocycles. The third kappa shape index (κ3) is 5.51. The Morgan fingerprint density at radius 1 is 0.931 bits per heavy atom. The fraction of sp³-hybridized carbons (Fsp3) is 0.208. The number of aliphatic imine (C=N–C) groups is 1. The van der Waals surface area contributed by atoms with Crippen LogP contribution >= 0.6 is 0 Å². The summed E-state index contributed by atoms with van der Waals surface area (Å²) < 4.78 is 5.24. The van der Waals surface area contributed by atoms with Crippen molar-refractivity contribution in [1.29, 1.82) is 0 Å². The van der Waals surface area contributed by atoms with Crippen molar-refractivity contribution < 1.29 is 9.84 Å². The number of phenolic OH excluding ortho intramolecular Hbond substituents is 1. The van der Waals surface area contributed by atoms with Crippen molar-refractivity contribution in [3.8, 4) is 11.5 Å². The summed E-state index contributed by atoms with van der Waals surface area (Å²) in [5.74, 6) is 1.79. The second kappa shape index (κ2) is 10.2. The highest BCUT2D eigenvalue weighted by Gasteiger charge is 2.14. The number of aromatic hydroxyl groups is 1. The van der Waals surface area contributed by atoms with Crippen LogP contribution in [0.1, 0.15) is 22.6 Å². The fourth-order valence-corrected chi connectivity index (χ4v) is 3.23. The van der Waals surface area contributed by atoms with E-state index in [9.17, 15) is 5.11 Å². The summed E-state index contributed by atoms with van der Waals surface area (Å²) in [6, 6.07) is 26.0. The summed E-state index contributed by atoms with van der Waals surface area (Å²) in [4.78, 5) is 4.32. The zero-order valence-corrected chi connectivity index (χ0v) is 16.8. The van der Waals surface area contributed by atoms with Gasteiger partial charge < -0.3 is 20.5 Å².